The molecule has 37 heavy (non-hydrogen) atoms. The number of ether oxygens (including phenoxy) is 1. The summed E-state index contributed by atoms with van der Waals surface area (Å²) in [6, 6.07) is 11.0. The van der Waals surface area contributed by atoms with Crippen LogP contribution in [0.5, 0.6) is 5.75 Å². The molecule has 4 rings (SSSR count). The van der Waals surface area contributed by atoms with E-state index in [-0.39, 0.29) is 29.9 Å². The Morgan fingerprint density at radius 1 is 1.03 bits per heavy atom. The van der Waals surface area contributed by atoms with E-state index in [2.05, 4.69) is 11.8 Å². The number of halogens is 5. The van der Waals surface area contributed by atoms with Crippen LogP contribution in [0.3, 0.4) is 0 Å². The van der Waals surface area contributed by atoms with Gasteiger partial charge in [0.1, 0.15) is 24.0 Å². The Bertz CT molecular complexity index is 1080. The highest BCUT2D eigenvalue weighted by Gasteiger charge is 2.38. The summed E-state index contributed by atoms with van der Waals surface area (Å²) >= 11 is 0. The van der Waals surface area contributed by atoms with Crippen molar-refractivity contribution in [3.05, 3.63) is 65.2 Å². The average molecular weight is 529 g/mol. The number of alkyl halides is 3. The Hall–Kier alpha value is -3.21. The highest BCUT2D eigenvalue weighted by molar-refractivity contribution is 5.95. The average Bonchev–Trinajstić information content (AvgIpc) is 3.47. The number of rotatable bonds is 6. The second-order valence-corrected chi connectivity index (χ2v) is 9.14. The molecule has 0 saturated carbocycles. The minimum Gasteiger partial charge on any atom is -0.489 e. The van der Waals surface area contributed by atoms with Crippen molar-refractivity contribution in [2.24, 2.45) is 0 Å². The van der Waals surface area contributed by atoms with E-state index < -0.39 is 18.0 Å². The van der Waals surface area contributed by atoms with Crippen LogP contribution in [0.1, 0.15) is 48.5 Å². The lowest BCUT2D eigenvalue weighted by atomic mass is 10.1. The van der Waals surface area contributed by atoms with Gasteiger partial charge in [-0.15, -0.1) is 0 Å². The largest absolute Gasteiger partial charge is 0.490 e. The first-order chi connectivity index (χ1) is 17.5. The fraction of sp³-hybridized carbons (Fsp3) is 0.462. The molecule has 2 aromatic rings. The van der Waals surface area contributed by atoms with Gasteiger partial charge in [0.25, 0.3) is 5.91 Å². The summed E-state index contributed by atoms with van der Waals surface area (Å²) < 4.78 is 65.1. The third-order valence-electron chi connectivity index (χ3n) is 6.51. The lowest BCUT2D eigenvalue weighted by molar-refractivity contribution is -0.192. The first-order valence-corrected chi connectivity index (χ1v) is 12.0. The van der Waals surface area contributed by atoms with E-state index in [1.54, 1.807) is 18.2 Å². The van der Waals surface area contributed by atoms with Gasteiger partial charge in [-0.25, -0.2) is 13.6 Å². The molecule has 0 aliphatic carbocycles. The number of likely N-dealkylation sites (tertiary alicyclic amines) is 2. The van der Waals surface area contributed by atoms with Gasteiger partial charge in [0.15, 0.2) is 0 Å². The summed E-state index contributed by atoms with van der Waals surface area (Å²) in [7, 11) is 0. The molecule has 2 heterocycles. The van der Waals surface area contributed by atoms with Crippen LogP contribution in [-0.2, 0) is 11.4 Å². The number of benzene rings is 2. The Morgan fingerprint density at radius 2 is 1.68 bits per heavy atom. The summed E-state index contributed by atoms with van der Waals surface area (Å²) in [6.07, 6.45) is -0.751. The van der Waals surface area contributed by atoms with Crippen LogP contribution in [0.15, 0.2) is 42.5 Å². The zero-order valence-corrected chi connectivity index (χ0v) is 20.3. The van der Waals surface area contributed by atoms with Crippen LogP contribution in [0, 0.1) is 11.6 Å². The molecule has 1 amide bonds. The van der Waals surface area contributed by atoms with Crippen LogP contribution < -0.4 is 4.74 Å². The van der Waals surface area contributed by atoms with E-state index >= 15 is 0 Å². The Kier molecular flexibility index (Phi) is 9.47. The van der Waals surface area contributed by atoms with Crippen molar-refractivity contribution in [1.82, 2.24) is 9.80 Å². The molecular formula is C26H29F5N2O4. The molecule has 1 N–H and O–H groups in total. The molecule has 202 valence electrons. The van der Waals surface area contributed by atoms with Gasteiger partial charge in [-0.05, 0) is 69.0 Å². The van der Waals surface area contributed by atoms with Crippen molar-refractivity contribution >= 4 is 11.9 Å². The summed E-state index contributed by atoms with van der Waals surface area (Å²) in [5, 5.41) is 7.12. The van der Waals surface area contributed by atoms with E-state index in [0.717, 1.165) is 31.5 Å². The molecule has 0 aromatic heterocycles. The Labute approximate surface area is 211 Å². The van der Waals surface area contributed by atoms with Crippen molar-refractivity contribution in [3.8, 4) is 5.75 Å². The smallest absolute Gasteiger partial charge is 0.489 e. The lowest BCUT2D eigenvalue weighted by Gasteiger charge is -2.31. The maximum atomic E-state index is 14.7. The number of carboxylic acid groups (broad SMARTS) is 1. The fourth-order valence-electron chi connectivity index (χ4n) is 4.49. The maximum Gasteiger partial charge on any atom is 0.490 e. The van der Waals surface area contributed by atoms with Gasteiger partial charge in [-0.1, -0.05) is 12.1 Å². The SMILES string of the molecule is C[C@H]1CCCN1CC1CCCN1C(=O)c1ccc(OCc2ccc(F)cc2)cc1F.O=C(O)C(F)(F)F. The number of nitrogens with zero attached hydrogens (tertiary/aromatic N) is 2. The van der Waals surface area contributed by atoms with Crippen molar-refractivity contribution in [2.75, 3.05) is 19.6 Å². The lowest BCUT2D eigenvalue weighted by Crippen LogP contribution is -2.44. The van der Waals surface area contributed by atoms with Gasteiger partial charge < -0.3 is 14.7 Å². The zero-order chi connectivity index (χ0) is 27.2. The molecule has 0 bridgehead atoms. The van der Waals surface area contributed by atoms with E-state index in [9.17, 15) is 26.7 Å². The fourth-order valence-corrected chi connectivity index (χ4v) is 4.49. The highest BCUT2D eigenvalue weighted by Crippen LogP contribution is 2.26. The number of carbonyl (C=O) groups excluding carboxylic acids is 1. The van der Waals surface area contributed by atoms with Gasteiger partial charge in [0.05, 0.1) is 5.56 Å². The number of carbonyl (C=O) groups is 2. The predicted molar refractivity (Wildman–Crippen MR) is 125 cm³/mol. The van der Waals surface area contributed by atoms with Gasteiger partial charge in [0.2, 0.25) is 0 Å². The standard InChI is InChI=1S/C24H28F2N2O2.C2HF3O2/c1-17-4-2-12-27(17)15-20-5-3-13-28(20)24(29)22-11-10-21(14-23(22)26)30-16-18-6-8-19(25)9-7-18;3-2(4,5)1(6)7/h6-11,14,17,20H,2-5,12-13,15-16H2,1H3;(H,6,7)/t17-,20?;/m0./s1. The van der Waals surface area contributed by atoms with Gasteiger partial charge >= 0.3 is 12.1 Å². The van der Waals surface area contributed by atoms with E-state index in [1.165, 1.54) is 37.1 Å². The third-order valence-corrected chi connectivity index (χ3v) is 6.51. The van der Waals surface area contributed by atoms with Crippen molar-refractivity contribution in [3.63, 3.8) is 0 Å². The monoisotopic (exact) mass is 528 g/mol. The number of hydrogen-bond acceptors (Lipinski definition) is 4. The van der Waals surface area contributed by atoms with Crippen LogP contribution in [0.25, 0.3) is 0 Å². The molecule has 0 spiro atoms. The van der Waals surface area contributed by atoms with Crippen LogP contribution in [0.2, 0.25) is 0 Å². The molecule has 2 aliphatic rings. The molecule has 0 radical (unpaired) electrons. The number of amides is 1. The molecular weight excluding hydrogens is 499 g/mol. The van der Waals surface area contributed by atoms with Crippen LogP contribution in [0.4, 0.5) is 22.0 Å². The van der Waals surface area contributed by atoms with Crippen molar-refractivity contribution in [1.29, 1.82) is 0 Å². The summed E-state index contributed by atoms with van der Waals surface area (Å²) in [5.41, 5.74) is 0.874. The molecule has 2 atom stereocenters. The highest BCUT2D eigenvalue weighted by atomic mass is 19.4. The topological polar surface area (TPSA) is 70.1 Å². The first kappa shape index (κ1) is 28.4. The predicted octanol–water partition coefficient (Wildman–Crippen LogP) is 5.27. The summed E-state index contributed by atoms with van der Waals surface area (Å²) in [4.78, 5) is 26.2. The van der Waals surface area contributed by atoms with E-state index in [1.807, 2.05) is 4.90 Å². The number of hydrogen-bond donors (Lipinski definition) is 1. The maximum absolute atomic E-state index is 14.7. The molecule has 2 saturated heterocycles. The third kappa shape index (κ3) is 7.88. The van der Waals surface area contributed by atoms with Crippen LogP contribution >= 0.6 is 0 Å². The van der Waals surface area contributed by atoms with Gasteiger partial charge in [-0.2, -0.15) is 13.2 Å². The molecule has 2 fully saturated rings. The zero-order valence-electron chi connectivity index (χ0n) is 20.3. The summed E-state index contributed by atoms with van der Waals surface area (Å²) in [6.45, 7) is 5.06. The molecule has 2 aliphatic heterocycles. The number of carboxylic acids is 1. The van der Waals surface area contributed by atoms with E-state index in [4.69, 9.17) is 14.6 Å². The molecule has 1 unspecified atom stereocenters. The molecule has 2 aromatic carbocycles. The second kappa shape index (κ2) is 12.4. The minimum absolute atomic E-state index is 0.0884. The number of aliphatic carboxylic acids is 1. The Balaban J connectivity index is 0.000000479. The van der Waals surface area contributed by atoms with Gasteiger partial charge in [-0.3, -0.25) is 9.69 Å². The minimum atomic E-state index is -5.08. The molecule has 11 heteroatoms. The van der Waals surface area contributed by atoms with Crippen LogP contribution in [-0.4, -0.2) is 64.7 Å². The normalized spacial score (nSPS) is 19.9. The van der Waals surface area contributed by atoms with E-state index in [0.29, 0.717) is 18.3 Å². The quantitative estimate of drug-likeness (QED) is 0.518. The summed E-state index contributed by atoms with van der Waals surface area (Å²) in [5.74, 6) is -3.54. The second-order valence-electron chi connectivity index (χ2n) is 9.14. The first-order valence-electron chi connectivity index (χ1n) is 12.0. The molecule has 6 nitrogen and oxygen atoms in total. The van der Waals surface area contributed by atoms with Crippen molar-refractivity contribution < 1.29 is 41.4 Å². The van der Waals surface area contributed by atoms with Crippen molar-refractivity contribution in [2.45, 2.75) is 57.5 Å². The van der Waals surface area contributed by atoms with Gasteiger partial charge in [0, 0.05) is 31.2 Å². The Morgan fingerprint density at radius 3 is 2.24 bits per heavy atom.